The van der Waals surface area contributed by atoms with Crippen LogP contribution in [0.2, 0.25) is 0 Å². The Morgan fingerprint density at radius 1 is 1.78 bits per heavy atom. The van der Waals surface area contributed by atoms with Crippen LogP contribution in [-0.4, -0.2) is 6.04 Å². The monoisotopic (exact) mass is 120 g/mol. The van der Waals surface area contributed by atoms with Crippen molar-refractivity contribution < 1.29 is 0 Å². The van der Waals surface area contributed by atoms with E-state index in [4.69, 9.17) is 11.0 Å². The fourth-order valence-corrected chi connectivity index (χ4v) is 0.720. The van der Waals surface area contributed by atoms with Crippen LogP contribution in [0.15, 0.2) is 23.8 Å². The number of nitrogens with zero attached hydrogens (tertiary/aromatic N) is 1. The average molecular weight is 120 g/mol. The lowest BCUT2D eigenvalue weighted by molar-refractivity contribution is 0.821. The number of nitriles is 1. The molecule has 0 aromatic heterocycles. The molecule has 2 nitrogen and oxygen atoms in total. The summed E-state index contributed by atoms with van der Waals surface area (Å²) in [5.41, 5.74) is 6.23. The van der Waals surface area contributed by atoms with E-state index in [0.717, 1.165) is 12.0 Å². The summed E-state index contributed by atoms with van der Waals surface area (Å²) >= 11 is 0. The van der Waals surface area contributed by atoms with E-state index in [1.807, 2.05) is 18.2 Å². The van der Waals surface area contributed by atoms with Crippen LogP contribution in [0, 0.1) is 11.3 Å². The molecule has 46 valence electrons. The first-order valence-corrected chi connectivity index (χ1v) is 2.87. The van der Waals surface area contributed by atoms with E-state index < -0.39 is 0 Å². The maximum atomic E-state index is 8.37. The van der Waals surface area contributed by atoms with Gasteiger partial charge in [-0.05, 0) is 12.5 Å². The van der Waals surface area contributed by atoms with E-state index in [9.17, 15) is 0 Å². The second-order valence-electron chi connectivity index (χ2n) is 2.03. The molecule has 2 N–H and O–H groups in total. The summed E-state index contributed by atoms with van der Waals surface area (Å²) in [5, 5.41) is 8.37. The van der Waals surface area contributed by atoms with Crippen molar-refractivity contribution in [3.05, 3.63) is 23.8 Å². The third-order valence-corrected chi connectivity index (χ3v) is 1.26. The zero-order valence-corrected chi connectivity index (χ0v) is 5.04. The van der Waals surface area contributed by atoms with Crippen LogP contribution in [0.5, 0.6) is 0 Å². The normalized spacial score (nSPS) is 24.9. The fraction of sp³-hybridized carbons (Fsp3) is 0.286. The lowest BCUT2D eigenvalue weighted by Crippen LogP contribution is -2.17. The summed E-state index contributed by atoms with van der Waals surface area (Å²) in [6.07, 6.45) is 6.25. The minimum absolute atomic E-state index is 0.113. The topological polar surface area (TPSA) is 49.8 Å². The van der Waals surface area contributed by atoms with Crippen molar-refractivity contribution in [3.8, 4) is 6.07 Å². The first kappa shape index (κ1) is 6.06. The van der Waals surface area contributed by atoms with Gasteiger partial charge in [0.2, 0.25) is 0 Å². The molecule has 0 radical (unpaired) electrons. The summed E-state index contributed by atoms with van der Waals surface area (Å²) in [7, 11) is 0. The molecule has 0 saturated carbocycles. The quantitative estimate of drug-likeness (QED) is 0.512. The largest absolute Gasteiger partial charge is 0.324 e. The predicted octanol–water partition coefficient (Wildman–Crippen LogP) is 0.724. The van der Waals surface area contributed by atoms with Crippen molar-refractivity contribution in [2.75, 3.05) is 0 Å². The summed E-state index contributed by atoms with van der Waals surface area (Å²) < 4.78 is 0. The standard InChI is InChI=1S/C7H8N2/c8-5-6-1-3-7(9)4-2-6/h1-3,7H,4,9H2. The SMILES string of the molecule is N#CC1=CCC(N)C=C1. The van der Waals surface area contributed by atoms with Crippen LogP contribution in [0.3, 0.4) is 0 Å². The van der Waals surface area contributed by atoms with Gasteiger partial charge in [-0.25, -0.2) is 0 Å². The highest BCUT2D eigenvalue weighted by Crippen LogP contribution is 2.06. The maximum absolute atomic E-state index is 8.37. The summed E-state index contributed by atoms with van der Waals surface area (Å²) in [4.78, 5) is 0. The van der Waals surface area contributed by atoms with E-state index >= 15 is 0 Å². The van der Waals surface area contributed by atoms with Gasteiger partial charge in [-0.2, -0.15) is 5.26 Å². The Balaban J connectivity index is 2.66. The zero-order valence-electron chi connectivity index (χ0n) is 5.04. The molecule has 1 aliphatic rings. The van der Waals surface area contributed by atoms with Gasteiger partial charge in [-0.15, -0.1) is 0 Å². The first-order chi connectivity index (χ1) is 4.33. The van der Waals surface area contributed by atoms with Gasteiger partial charge in [0.05, 0.1) is 6.07 Å². The lowest BCUT2D eigenvalue weighted by atomic mass is 10.1. The number of allylic oxidation sites excluding steroid dienone is 2. The van der Waals surface area contributed by atoms with Crippen molar-refractivity contribution in [3.63, 3.8) is 0 Å². The molecule has 0 spiro atoms. The molecule has 9 heavy (non-hydrogen) atoms. The highest BCUT2D eigenvalue weighted by atomic mass is 14.6. The van der Waals surface area contributed by atoms with Crippen molar-refractivity contribution in [1.29, 1.82) is 5.26 Å². The summed E-state index contributed by atoms with van der Waals surface area (Å²) in [6.45, 7) is 0. The van der Waals surface area contributed by atoms with Gasteiger partial charge < -0.3 is 5.73 Å². The predicted molar refractivity (Wildman–Crippen MR) is 35.4 cm³/mol. The molecule has 0 aromatic carbocycles. The Morgan fingerprint density at radius 2 is 2.56 bits per heavy atom. The average Bonchev–Trinajstić information content (AvgIpc) is 1.90. The van der Waals surface area contributed by atoms with Crippen LogP contribution >= 0.6 is 0 Å². The minimum Gasteiger partial charge on any atom is -0.324 e. The smallest absolute Gasteiger partial charge is 0.0988 e. The van der Waals surface area contributed by atoms with Gasteiger partial charge in [-0.1, -0.05) is 12.2 Å². The summed E-state index contributed by atoms with van der Waals surface area (Å²) in [5.74, 6) is 0. The lowest BCUT2D eigenvalue weighted by Gasteiger charge is -2.05. The molecule has 0 aromatic rings. The van der Waals surface area contributed by atoms with Crippen molar-refractivity contribution in [1.82, 2.24) is 0 Å². The highest BCUT2D eigenvalue weighted by molar-refractivity contribution is 5.36. The third kappa shape index (κ3) is 1.41. The van der Waals surface area contributed by atoms with Crippen molar-refractivity contribution >= 4 is 0 Å². The number of hydrogen-bond acceptors (Lipinski definition) is 2. The van der Waals surface area contributed by atoms with Crippen LogP contribution in [-0.2, 0) is 0 Å². The molecule has 0 heterocycles. The molecule has 0 aliphatic heterocycles. The zero-order chi connectivity index (χ0) is 6.69. The molecule has 0 amide bonds. The Labute approximate surface area is 54.3 Å². The van der Waals surface area contributed by atoms with E-state index in [-0.39, 0.29) is 6.04 Å². The van der Waals surface area contributed by atoms with Crippen molar-refractivity contribution in [2.45, 2.75) is 12.5 Å². The molecule has 0 fully saturated rings. The third-order valence-electron chi connectivity index (χ3n) is 1.26. The van der Waals surface area contributed by atoms with E-state index in [1.54, 1.807) is 6.08 Å². The van der Waals surface area contributed by atoms with E-state index in [1.165, 1.54) is 0 Å². The number of rotatable bonds is 0. The fourth-order valence-electron chi connectivity index (χ4n) is 0.720. The van der Waals surface area contributed by atoms with Crippen molar-refractivity contribution in [2.24, 2.45) is 5.73 Å². The molecule has 1 atom stereocenters. The molecule has 1 rings (SSSR count). The molecular weight excluding hydrogens is 112 g/mol. The Bertz CT molecular complexity index is 195. The van der Waals surface area contributed by atoms with Crippen LogP contribution in [0.25, 0.3) is 0 Å². The minimum atomic E-state index is 0.113. The summed E-state index contributed by atoms with van der Waals surface area (Å²) in [6, 6.07) is 2.16. The van der Waals surface area contributed by atoms with Gasteiger partial charge in [-0.3, -0.25) is 0 Å². The number of nitrogens with two attached hydrogens (primary N) is 1. The van der Waals surface area contributed by atoms with Gasteiger partial charge in [0, 0.05) is 11.6 Å². The van der Waals surface area contributed by atoms with Crippen LogP contribution in [0.1, 0.15) is 6.42 Å². The Kier molecular flexibility index (Phi) is 1.66. The molecule has 1 aliphatic carbocycles. The second kappa shape index (κ2) is 2.47. The van der Waals surface area contributed by atoms with E-state index in [2.05, 4.69) is 0 Å². The molecule has 1 unspecified atom stereocenters. The number of hydrogen-bond donors (Lipinski definition) is 1. The Morgan fingerprint density at radius 3 is 3.00 bits per heavy atom. The van der Waals surface area contributed by atoms with Crippen LogP contribution < -0.4 is 5.73 Å². The van der Waals surface area contributed by atoms with Gasteiger partial charge >= 0.3 is 0 Å². The van der Waals surface area contributed by atoms with Crippen LogP contribution in [0.4, 0.5) is 0 Å². The molecule has 2 heteroatoms. The van der Waals surface area contributed by atoms with Gasteiger partial charge in [0.15, 0.2) is 0 Å². The van der Waals surface area contributed by atoms with Gasteiger partial charge in [0.25, 0.3) is 0 Å². The molecular formula is C7H8N2. The second-order valence-corrected chi connectivity index (χ2v) is 2.03. The first-order valence-electron chi connectivity index (χ1n) is 2.87. The maximum Gasteiger partial charge on any atom is 0.0988 e. The van der Waals surface area contributed by atoms with E-state index in [0.29, 0.717) is 0 Å². The van der Waals surface area contributed by atoms with Gasteiger partial charge in [0.1, 0.15) is 0 Å². The Hall–Kier alpha value is -1.07. The molecule has 0 bridgehead atoms. The molecule has 0 saturated heterocycles. The highest BCUT2D eigenvalue weighted by Gasteiger charge is 2.00.